The maximum absolute atomic E-state index is 13.0. The normalized spacial score (nSPS) is 28.2. The highest BCUT2D eigenvalue weighted by molar-refractivity contribution is 5.90. The number of hydrogen-bond acceptors (Lipinski definition) is 3. The van der Waals surface area contributed by atoms with Gasteiger partial charge in [-0.15, -0.1) is 0 Å². The van der Waals surface area contributed by atoms with Gasteiger partial charge in [-0.3, -0.25) is 9.59 Å². The molecule has 0 radical (unpaired) electrons. The lowest BCUT2D eigenvalue weighted by atomic mass is 9.85. The van der Waals surface area contributed by atoms with E-state index >= 15 is 0 Å². The first kappa shape index (κ1) is 16.6. The van der Waals surface area contributed by atoms with E-state index < -0.39 is 0 Å². The van der Waals surface area contributed by atoms with Gasteiger partial charge in [0.2, 0.25) is 11.8 Å². The minimum Gasteiger partial charge on any atom is -0.337 e. The molecular weight excluding hydrogens is 314 g/mol. The van der Waals surface area contributed by atoms with E-state index in [2.05, 4.69) is 16.7 Å². The minimum atomic E-state index is -0.0512. The number of hydrogen-bond donors (Lipinski definition) is 2. The molecule has 2 fully saturated rings. The van der Waals surface area contributed by atoms with Gasteiger partial charge < -0.3 is 15.5 Å². The Balaban J connectivity index is 1.45. The van der Waals surface area contributed by atoms with Crippen molar-refractivity contribution >= 4 is 17.5 Å². The van der Waals surface area contributed by atoms with Gasteiger partial charge in [0.25, 0.3) is 0 Å². The fourth-order valence-corrected chi connectivity index (χ4v) is 4.84. The van der Waals surface area contributed by atoms with Gasteiger partial charge in [-0.05, 0) is 48.8 Å². The van der Waals surface area contributed by atoms with Crippen LogP contribution in [-0.4, -0.2) is 35.3 Å². The number of carbonyl (C=O) groups excluding carboxylic acids is 2. The monoisotopic (exact) mass is 341 g/mol. The predicted octanol–water partition coefficient (Wildman–Crippen LogP) is 2.45. The molecule has 1 aromatic carbocycles. The van der Waals surface area contributed by atoms with E-state index in [0.717, 1.165) is 30.6 Å². The number of amides is 2. The lowest BCUT2D eigenvalue weighted by Gasteiger charge is -2.32. The standard InChI is InChI=1S/C20H27N3O2/c1-13(24)21-18-8-4-6-15-12-23(10-9-16(15)18)20(25)19-11-14-5-2-3-7-17(14)22-19/h4,6,8,14,17,19,22H,2-3,5,7,9-12H2,1H3,(H,21,24)/t14-,17-,19+/m1/s1. The quantitative estimate of drug-likeness (QED) is 0.869. The Morgan fingerprint density at radius 2 is 2.08 bits per heavy atom. The average molecular weight is 341 g/mol. The van der Waals surface area contributed by atoms with Crippen LogP contribution in [0, 0.1) is 5.92 Å². The molecule has 5 nitrogen and oxygen atoms in total. The van der Waals surface area contributed by atoms with Gasteiger partial charge in [-0.25, -0.2) is 0 Å². The maximum Gasteiger partial charge on any atom is 0.240 e. The smallest absolute Gasteiger partial charge is 0.240 e. The largest absolute Gasteiger partial charge is 0.337 e. The molecule has 134 valence electrons. The third-order valence-corrected chi connectivity index (χ3v) is 6.05. The summed E-state index contributed by atoms with van der Waals surface area (Å²) in [5.41, 5.74) is 3.22. The summed E-state index contributed by atoms with van der Waals surface area (Å²) in [6.45, 7) is 2.91. The third-order valence-electron chi connectivity index (χ3n) is 6.05. The minimum absolute atomic E-state index is 0.00632. The molecule has 2 N–H and O–H groups in total. The van der Waals surface area contributed by atoms with Gasteiger partial charge in [0.15, 0.2) is 0 Å². The molecule has 0 bridgehead atoms. The number of benzene rings is 1. The van der Waals surface area contributed by atoms with E-state index in [1.54, 1.807) is 0 Å². The van der Waals surface area contributed by atoms with Gasteiger partial charge in [0, 0.05) is 31.7 Å². The van der Waals surface area contributed by atoms with E-state index in [1.165, 1.54) is 38.2 Å². The number of fused-ring (bicyclic) bond motifs is 2. The van der Waals surface area contributed by atoms with Crippen LogP contribution in [0.15, 0.2) is 18.2 Å². The lowest BCUT2D eigenvalue weighted by molar-refractivity contribution is -0.134. The van der Waals surface area contributed by atoms with Crippen molar-refractivity contribution in [2.24, 2.45) is 5.92 Å². The molecule has 5 heteroatoms. The van der Waals surface area contributed by atoms with Crippen LogP contribution in [-0.2, 0) is 22.6 Å². The highest BCUT2D eigenvalue weighted by Crippen LogP contribution is 2.34. The second-order valence-corrected chi connectivity index (χ2v) is 7.74. The van der Waals surface area contributed by atoms with Crippen molar-refractivity contribution in [2.45, 2.75) is 64.1 Å². The summed E-state index contributed by atoms with van der Waals surface area (Å²) < 4.78 is 0. The summed E-state index contributed by atoms with van der Waals surface area (Å²) in [4.78, 5) is 26.4. The van der Waals surface area contributed by atoms with Crippen molar-refractivity contribution in [2.75, 3.05) is 11.9 Å². The van der Waals surface area contributed by atoms with Crippen LogP contribution < -0.4 is 10.6 Å². The molecule has 0 unspecified atom stereocenters. The molecule has 0 aromatic heterocycles. The summed E-state index contributed by atoms with van der Waals surface area (Å²) in [6, 6.07) is 6.52. The van der Waals surface area contributed by atoms with E-state index in [-0.39, 0.29) is 17.9 Å². The molecule has 1 aliphatic carbocycles. The third kappa shape index (κ3) is 3.30. The summed E-state index contributed by atoms with van der Waals surface area (Å²) in [6.07, 6.45) is 6.89. The van der Waals surface area contributed by atoms with Crippen molar-refractivity contribution < 1.29 is 9.59 Å². The van der Waals surface area contributed by atoms with Gasteiger partial charge in [-0.1, -0.05) is 25.0 Å². The van der Waals surface area contributed by atoms with Crippen LogP contribution in [0.25, 0.3) is 0 Å². The molecule has 3 atom stereocenters. The summed E-state index contributed by atoms with van der Waals surface area (Å²) >= 11 is 0. The molecule has 1 saturated heterocycles. The molecule has 2 heterocycles. The number of nitrogens with zero attached hydrogens (tertiary/aromatic N) is 1. The molecular formula is C20H27N3O2. The van der Waals surface area contributed by atoms with Crippen LogP contribution in [0.4, 0.5) is 5.69 Å². The fourth-order valence-electron chi connectivity index (χ4n) is 4.84. The van der Waals surface area contributed by atoms with Crippen LogP contribution in [0.3, 0.4) is 0 Å². The molecule has 25 heavy (non-hydrogen) atoms. The Morgan fingerprint density at radius 3 is 2.88 bits per heavy atom. The number of rotatable bonds is 2. The van der Waals surface area contributed by atoms with Crippen molar-refractivity contribution in [3.8, 4) is 0 Å². The highest BCUT2D eigenvalue weighted by Gasteiger charge is 2.40. The lowest BCUT2D eigenvalue weighted by Crippen LogP contribution is -2.47. The molecule has 3 aliphatic rings. The van der Waals surface area contributed by atoms with Crippen LogP contribution in [0.5, 0.6) is 0 Å². The second kappa shape index (κ2) is 6.79. The Kier molecular flexibility index (Phi) is 4.50. The van der Waals surface area contributed by atoms with Crippen molar-refractivity contribution in [3.05, 3.63) is 29.3 Å². The van der Waals surface area contributed by atoms with E-state index in [9.17, 15) is 9.59 Å². The Bertz CT molecular complexity index is 674. The molecule has 1 aromatic rings. The maximum atomic E-state index is 13.0. The first-order valence-corrected chi connectivity index (χ1v) is 9.55. The van der Waals surface area contributed by atoms with Gasteiger partial charge >= 0.3 is 0 Å². The molecule has 0 spiro atoms. The van der Waals surface area contributed by atoms with Gasteiger partial charge in [-0.2, -0.15) is 0 Å². The average Bonchev–Trinajstić information content (AvgIpc) is 3.04. The van der Waals surface area contributed by atoms with Gasteiger partial charge in [0.1, 0.15) is 0 Å². The Labute approximate surface area is 149 Å². The fraction of sp³-hybridized carbons (Fsp3) is 0.600. The van der Waals surface area contributed by atoms with E-state index in [1.807, 2.05) is 17.0 Å². The summed E-state index contributed by atoms with van der Waals surface area (Å²) in [7, 11) is 0. The highest BCUT2D eigenvalue weighted by atomic mass is 16.2. The first-order valence-electron chi connectivity index (χ1n) is 9.55. The van der Waals surface area contributed by atoms with Crippen LogP contribution in [0.1, 0.15) is 50.2 Å². The first-order chi connectivity index (χ1) is 12.1. The molecule has 2 aliphatic heterocycles. The zero-order valence-electron chi connectivity index (χ0n) is 14.9. The Morgan fingerprint density at radius 1 is 1.24 bits per heavy atom. The van der Waals surface area contributed by atoms with Crippen LogP contribution in [0.2, 0.25) is 0 Å². The number of anilines is 1. The van der Waals surface area contributed by atoms with Crippen LogP contribution >= 0.6 is 0 Å². The molecule has 2 amide bonds. The van der Waals surface area contributed by atoms with Crippen molar-refractivity contribution in [1.82, 2.24) is 10.2 Å². The number of carbonyl (C=O) groups is 2. The number of nitrogens with one attached hydrogen (secondary N) is 2. The van der Waals surface area contributed by atoms with Crippen molar-refractivity contribution in [3.63, 3.8) is 0 Å². The summed E-state index contributed by atoms with van der Waals surface area (Å²) in [5, 5.41) is 6.51. The SMILES string of the molecule is CC(=O)Nc1cccc2c1CCN(C(=O)[C@@H]1C[C@H]3CCCC[C@H]3N1)C2. The summed E-state index contributed by atoms with van der Waals surface area (Å²) in [5.74, 6) is 0.890. The second-order valence-electron chi connectivity index (χ2n) is 7.74. The zero-order valence-corrected chi connectivity index (χ0v) is 14.9. The zero-order chi connectivity index (χ0) is 17.4. The van der Waals surface area contributed by atoms with Gasteiger partial charge in [0.05, 0.1) is 6.04 Å². The van der Waals surface area contributed by atoms with E-state index in [4.69, 9.17) is 0 Å². The van der Waals surface area contributed by atoms with Crippen molar-refractivity contribution in [1.29, 1.82) is 0 Å². The predicted molar refractivity (Wildman–Crippen MR) is 97.2 cm³/mol. The Hall–Kier alpha value is -1.88. The molecule has 1 saturated carbocycles. The topological polar surface area (TPSA) is 61.4 Å². The van der Waals surface area contributed by atoms with E-state index in [0.29, 0.717) is 18.5 Å². The molecule has 4 rings (SSSR count).